The van der Waals surface area contributed by atoms with Crippen molar-refractivity contribution >= 4 is 15.7 Å². The molecule has 1 heterocycles. The van der Waals surface area contributed by atoms with E-state index < -0.39 is 26.2 Å². The molecule has 1 saturated heterocycles. The van der Waals surface area contributed by atoms with Crippen molar-refractivity contribution in [3.8, 4) is 5.75 Å². The third-order valence-electron chi connectivity index (χ3n) is 3.50. The highest BCUT2D eigenvalue weighted by atomic mass is 32.2. The van der Waals surface area contributed by atoms with Crippen LogP contribution in [0.3, 0.4) is 0 Å². The molecule has 0 aromatic heterocycles. The van der Waals surface area contributed by atoms with Crippen LogP contribution in [0.25, 0.3) is 0 Å². The van der Waals surface area contributed by atoms with E-state index in [9.17, 15) is 18.5 Å². The number of benzene rings is 1. The molecular formula is C12H16N2O6S. The molecule has 1 aliphatic rings. The van der Waals surface area contributed by atoms with Crippen molar-refractivity contribution in [2.75, 3.05) is 27.3 Å². The Morgan fingerprint density at radius 1 is 1.33 bits per heavy atom. The molecule has 21 heavy (non-hydrogen) atoms. The van der Waals surface area contributed by atoms with Crippen LogP contribution in [0.4, 0.5) is 5.69 Å². The summed E-state index contributed by atoms with van der Waals surface area (Å²) in [5.74, 6) is 0.228. The third kappa shape index (κ3) is 2.71. The second kappa shape index (κ2) is 5.24. The molecule has 0 N–H and O–H groups in total. The van der Waals surface area contributed by atoms with Gasteiger partial charge in [0.15, 0.2) is 4.90 Å². The van der Waals surface area contributed by atoms with Gasteiger partial charge in [0.05, 0.1) is 23.7 Å². The summed E-state index contributed by atoms with van der Waals surface area (Å²) in [7, 11) is -1.07. The Balaban J connectivity index is 2.40. The Bertz CT molecular complexity index is 666. The standard InChI is InChI=1S/C12H16N2O6S/c1-12(20-3)7-13(8-12)21(17,18)11-5-4-9(19-2)6-10(11)14(15)16/h4-6H,7-8H2,1-3H3. The molecule has 1 fully saturated rings. The van der Waals surface area contributed by atoms with E-state index >= 15 is 0 Å². The molecule has 0 aliphatic carbocycles. The summed E-state index contributed by atoms with van der Waals surface area (Å²) in [5, 5.41) is 11.1. The van der Waals surface area contributed by atoms with Crippen LogP contribution in [0, 0.1) is 10.1 Å². The lowest BCUT2D eigenvalue weighted by Gasteiger charge is -2.45. The van der Waals surface area contributed by atoms with E-state index in [0.29, 0.717) is 0 Å². The van der Waals surface area contributed by atoms with Gasteiger partial charge in [-0.25, -0.2) is 8.42 Å². The van der Waals surface area contributed by atoms with Crippen molar-refractivity contribution in [1.82, 2.24) is 4.31 Å². The zero-order valence-electron chi connectivity index (χ0n) is 11.9. The lowest BCUT2D eigenvalue weighted by Crippen LogP contribution is -2.62. The van der Waals surface area contributed by atoms with Crippen molar-refractivity contribution in [2.24, 2.45) is 0 Å². The zero-order chi connectivity index (χ0) is 15.8. The molecule has 8 nitrogen and oxygen atoms in total. The van der Waals surface area contributed by atoms with Gasteiger partial charge in [-0.15, -0.1) is 0 Å². The lowest BCUT2D eigenvalue weighted by atomic mass is 10.0. The third-order valence-corrected chi connectivity index (χ3v) is 5.33. The van der Waals surface area contributed by atoms with Gasteiger partial charge in [-0.3, -0.25) is 10.1 Å². The average Bonchev–Trinajstić information content (AvgIpc) is 2.42. The molecule has 0 radical (unpaired) electrons. The molecular weight excluding hydrogens is 300 g/mol. The fourth-order valence-corrected chi connectivity index (χ4v) is 3.92. The van der Waals surface area contributed by atoms with Crippen LogP contribution in [-0.4, -0.2) is 50.6 Å². The van der Waals surface area contributed by atoms with Crippen molar-refractivity contribution in [1.29, 1.82) is 0 Å². The summed E-state index contributed by atoms with van der Waals surface area (Å²) >= 11 is 0. The van der Waals surface area contributed by atoms with Gasteiger partial charge in [-0.05, 0) is 19.1 Å². The summed E-state index contributed by atoms with van der Waals surface area (Å²) in [5.41, 5.74) is -1.05. The van der Waals surface area contributed by atoms with Crippen molar-refractivity contribution < 1.29 is 22.8 Å². The first kappa shape index (κ1) is 15.7. The van der Waals surface area contributed by atoms with Crippen LogP contribution in [0.1, 0.15) is 6.92 Å². The molecule has 1 aromatic rings. The smallest absolute Gasteiger partial charge is 0.293 e. The van der Waals surface area contributed by atoms with Gasteiger partial charge in [0, 0.05) is 20.2 Å². The molecule has 0 saturated carbocycles. The fraction of sp³-hybridized carbons (Fsp3) is 0.500. The number of ether oxygens (including phenoxy) is 2. The molecule has 0 amide bonds. The zero-order valence-corrected chi connectivity index (χ0v) is 12.7. The van der Waals surface area contributed by atoms with Crippen LogP contribution >= 0.6 is 0 Å². The SMILES string of the molecule is COc1ccc(S(=O)(=O)N2CC(C)(OC)C2)c([N+](=O)[O-])c1. The van der Waals surface area contributed by atoms with E-state index in [4.69, 9.17) is 9.47 Å². The fourth-order valence-electron chi connectivity index (χ4n) is 2.12. The number of hydrogen-bond acceptors (Lipinski definition) is 6. The number of nitro groups is 1. The molecule has 0 bridgehead atoms. The molecule has 0 unspecified atom stereocenters. The second-order valence-corrected chi connectivity index (χ2v) is 6.92. The van der Waals surface area contributed by atoms with Crippen LogP contribution < -0.4 is 4.74 Å². The Morgan fingerprint density at radius 2 is 1.95 bits per heavy atom. The Labute approximate surface area is 122 Å². The first-order valence-electron chi connectivity index (χ1n) is 6.11. The van der Waals surface area contributed by atoms with Crippen LogP contribution in [0.2, 0.25) is 0 Å². The Hall–Kier alpha value is -1.71. The molecule has 9 heteroatoms. The van der Waals surface area contributed by atoms with E-state index in [1.54, 1.807) is 6.92 Å². The van der Waals surface area contributed by atoms with Gasteiger partial charge in [-0.2, -0.15) is 4.31 Å². The highest BCUT2D eigenvalue weighted by Crippen LogP contribution is 2.35. The molecule has 1 aliphatic heterocycles. The number of methoxy groups -OCH3 is 2. The normalized spacial score (nSPS) is 18.0. The maximum Gasteiger partial charge on any atom is 0.293 e. The van der Waals surface area contributed by atoms with E-state index in [1.807, 2.05) is 0 Å². The van der Waals surface area contributed by atoms with Gasteiger partial charge in [0.1, 0.15) is 5.75 Å². The number of sulfonamides is 1. The van der Waals surface area contributed by atoms with E-state index in [1.165, 1.54) is 26.4 Å². The monoisotopic (exact) mass is 316 g/mol. The largest absolute Gasteiger partial charge is 0.497 e. The predicted molar refractivity (Wildman–Crippen MR) is 73.8 cm³/mol. The Morgan fingerprint density at radius 3 is 2.43 bits per heavy atom. The number of hydrogen-bond donors (Lipinski definition) is 0. The van der Waals surface area contributed by atoms with E-state index in [0.717, 1.165) is 10.4 Å². The quantitative estimate of drug-likeness (QED) is 0.594. The summed E-state index contributed by atoms with van der Waals surface area (Å²) < 4.78 is 36.2. The minimum Gasteiger partial charge on any atom is -0.497 e. The van der Waals surface area contributed by atoms with Crippen molar-refractivity contribution in [2.45, 2.75) is 17.4 Å². The molecule has 0 spiro atoms. The lowest BCUT2D eigenvalue weighted by molar-refractivity contribution is -0.388. The second-order valence-electron chi connectivity index (χ2n) is 5.02. The van der Waals surface area contributed by atoms with Gasteiger partial charge in [0.25, 0.3) is 5.69 Å². The maximum atomic E-state index is 12.5. The number of nitrogens with zero attached hydrogens (tertiary/aromatic N) is 2. The van der Waals surface area contributed by atoms with Gasteiger partial charge in [0.2, 0.25) is 10.0 Å². The minimum absolute atomic E-state index is 0.162. The number of nitro benzene ring substituents is 1. The van der Waals surface area contributed by atoms with Crippen molar-refractivity contribution in [3.05, 3.63) is 28.3 Å². The number of rotatable bonds is 5. The van der Waals surface area contributed by atoms with Gasteiger partial charge in [-0.1, -0.05) is 0 Å². The predicted octanol–water partition coefficient (Wildman–Crippen LogP) is 1.01. The van der Waals surface area contributed by atoms with E-state index in [2.05, 4.69) is 0 Å². The molecule has 1 aromatic carbocycles. The Kier molecular flexibility index (Phi) is 3.91. The molecule has 0 atom stereocenters. The first-order chi connectivity index (χ1) is 9.73. The highest BCUT2D eigenvalue weighted by Gasteiger charge is 2.47. The van der Waals surface area contributed by atoms with Gasteiger partial charge < -0.3 is 9.47 Å². The van der Waals surface area contributed by atoms with Crippen LogP contribution in [0.15, 0.2) is 23.1 Å². The minimum atomic E-state index is -3.93. The first-order valence-corrected chi connectivity index (χ1v) is 7.55. The average molecular weight is 316 g/mol. The highest BCUT2D eigenvalue weighted by molar-refractivity contribution is 7.89. The van der Waals surface area contributed by atoms with Crippen LogP contribution in [0.5, 0.6) is 5.75 Å². The summed E-state index contributed by atoms with van der Waals surface area (Å²) in [6.07, 6.45) is 0. The van der Waals surface area contributed by atoms with E-state index in [-0.39, 0.29) is 23.7 Å². The molecule has 2 rings (SSSR count). The summed E-state index contributed by atoms with van der Waals surface area (Å²) in [6.45, 7) is 2.10. The molecule has 116 valence electrons. The van der Waals surface area contributed by atoms with Gasteiger partial charge >= 0.3 is 0 Å². The summed E-state index contributed by atoms with van der Waals surface area (Å²) in [6, 6.07) is 3.67. The van der Waals surface area contributed by atoms with Crippen LogP contribution in [-0.2, 0) is 14.8 Å². The maximum absolute atomic E-state index is 12.5. The topological polar surface area (TPSA) is 99.0 Å². The van der Waals surface area contributed by atoms with Crippen molar-refractivity contribution in [3.63, 3.8) is 0 Å². The summed E-state index contributed by atoms with van der Waals surface area (Å²) in [4.78, 5) is 10.0.